The van der Waals surface area contributed by atoms with Gasteiger partial charge in [0.1, 0.15) is 0 Å². The van der Waals surface area contributed by atoms with Gasteiger partial charge in [0, 0.05) is 5.69 Å². The molecule has 2 aromatic rings. The maximum Gasteiger partial charge on any atom is 0.271 e. The van der Waals surface area contributed by atoms with Crippen LogP contribution in [0.5, 0.6) is 0 Å². The minimum Gasteiger partial charge on any atom is -0.376 e. The SMILES string of the molecule is Cc1ccc(NCC(=O)NNC(=O)c2ccccc2Cl)c(C)c1. The Bertz CT molecular complexity index is 732. The van der Waals surface area contributed by atoms with Crippen molar-refractivity contribution in [1.82, 2.24) is 10.9 Å². The van der Waals surface area contributed by atoms with Gasteiger partial charge in [-0.3, -0.25) is 20.4 Å². The Morgan fingerprint density at radius 3 is 2.48 bits per heavy atom. The molecule has 0 saturated carbocycles. The van der Waals surface area contributed by atoms with Crippen LogP contribution in [0.1, 0.15) is 21.5 Å². The molecule has 0 spiro atoms. The van der Waals surface area contributed by atoms with Crippen LogP contribution in [-0.4, -0.2) is 18.4 Å². The molecule has 23 heavy (non-hydrogen) atoms. The molecule has 3 N–H and O–H groups in total. The van der Waals surface area contributed by atoms with Gasteiger partial charge in [0.15, 0.2) is 0 Å². The van der Waals surface area contributed by atoms with Crippen LogP contribution in [0.2, 0.25) is 5.02 Å². The third kappa shape index (κ3) is 4.72. The van der Waals surface area contributed by atoms with E-state index in [9.17, 15) is 9.59 Å². The predicted molar refractivity (Wildman–Crippen MR) is 91.5 cm³/mol. The zero-order chi connectivity index (χ0) is 16.8. The highest BCUT2D eigenvalue weighted by Crippen LogP contribution is 2.15. The number of carbonyl (C=O) groups is 2. The van der Waals surface area contributed by atoms with Gasteiger partial charge < -0.3 is 5.32 Å². The number of aryl methyl sites for hydroxylation is 2. The van der Waals surface area contributed by atoms with E-state index < -0.39 is 5.91 Å². The normalized spacial score (nSPS) is 10.0. The molecule has 0 saturated heterocycles. The molecular weight excluding hydrogens is 314 g/mol. The summed E-state index contributed by atoms with van der Waals surface area (Å²) in [7, 11) is 0. The van der Waals surface area contributed by atoms with Gasteiger partial charge in [-0.25, -0.2) is 0 Å². The number of nitrogens with one attached hydrogen (secondary N) is 3. The number of anilines is 1. The number of hydrogen-bond acceptors (Lipinski definition) is 3. The molecule has 0 radical (unpaired) electrons. The van der Waals surface area contributed by atoms with Gasteiger partial charge in [-0.1, -0.05) is 41.4 Å². The topological polar surface area (TPSA) is 70.2 Å². The van der Waals surface area contributed by atoms with E-state index in [1.165, 1.54) is 0 Å². The first-order chi connectivity index (χ1) is 11.0. The number of amides is 2. The summed E-state index contributed by atoms with van der Waals surface area (Å²) < 4.78 is 0. The Morgan fingerprint density at radius 1 is 1.04 bits per heavy atom. The van der Waals surface area contributed by atoms with Crippen molar-refractivity contribution in [3.63, 3.8) is 0 Å². The molecule has 0 aliphatic heterocycles. The number of benzene rings is 2. The monoisotopic (exact) mass is 331 g/mol. The summed E-state index contributed by atoms with van der Waals surface area (Å²) in [5, 5.41) is 3.35. The lowest BCUT2D eigenvalue weighted by Crippen LogP contribution is -2.44. The van der Waals surface area contributed by atoms with Crippen molar-refractivity contribution in [3.05, 3.63) is 64.2 Å². The first-order valence-electron chi connectivity index (χ1n) is 7.12. The van der Waals surface area contributed by atoms with E-state index >= 15 is 0 Å². The summed E-state index contributed by atoms with van der Waals surface area (Å²) in [4.78, 5) is 23.7. The highest BCUT2D eigenvalue weighted by Gasteiger charge is 2.10. The molecule has 0 aromatic heterocycles. The van der Waals surface area contributed by atoms with Crippen molar-refractivity contribution < 1.29 is 9.59 Å². The minimum atomic E-state index is -0.463. The van der Waals surface area contributed by atoms with Crippen molar-refractivity contribution in [2.45, 2.75) is 13.8 Å². The quantitative estimate of drug-likeness (QED) is 0.754. The van der Waals surface area contributed by atoms with Gasteiger partial charge in [0.2, 0.25) is 0 Å². The van der Waals surface area contributed by atoms with Gasteiger partial charge in [-0.05, 0) is 37.6 Å². The molecule has 2 amide bonds. The van der Waals surface area contributed by atoms with E-state index in [2.05, 4.69) is 16.2 Å². The summed E-state index contributed by atoms with van der Waals surface area (Å²) in [6, 6.07) is 12.5. The summed E-state index contributed by atoms with van der Waals surface area (Å²) in [6.45, 7) is 4.02. The first-order valence-corrected chi connectivity index (χ1v) is 7.50. The average molecular weight is 332 g/mol. The molecule has 0 atom stereocenters. The molecule has 2 rings (SSSR count). The van der Waals surface area contributed by atoms with Crippen molar-refractivity contribution in [1.29, 1.82) is 0 Å². The molecule has 0 aliphatic rings. The highest BCUT2D eigenvalue weighted by molar-refractivity contribution is 6.33. The minimum absolute atomic E-state index is 0.0483. The van der Waals surface area contributed by atoms with Gasteiger partial charge in [0.25, 0.3) is 11.8 Å². The highest BCUT2D eigenvalue weighted by atomic mass is 35.5. The molecule has 120 valence electrons. The van der Waals surface area contributed by atoms with Crippen LogP contribution < -0.4 is 16.2 Å². The van der Waals surface area contributed by atoms with Gasteiger partial charge >= 0.3 is 0 Å². The lowest BCUT2D eigenvalue weighted by Gasteiger charge is -2.11. The second-order valence-electron chi connectivity index (χ2n) is 5.15. The van der Waals surface area contributed by atoms with Crippen molar-refractivity contribution >= 4 is 29.1 Å². The number of rotatable bonds is 4. The molecule has 0 bridgehead atoms. The zero-order valence-corrected chi connectivity index (χ0v) is 13.7. The van der Waals surface area contributed by atoms with Crippen LogP contribution in [0.15, 0.2) is 42.5 Å². The van der Waals surface area contributed by atoms with E-state index in [1.807, 2.05) is 32.0 Å². The fourth-order valence-corrected chi connectivity index (χ4v) is 2.29. The number of halogens is 1. The summed E-state index contributed by atoms with van der Waals surface area (Å²) in [6.07, 6.45) is 0. The number of hydrogen-bond donors (Lipinski definition) is 3. The van der Waals surface area contributed by atoms with Gasteiger partial charge in [-0.15, -0.1) is 0 Å². The third-order valence-corrected chi connectivity index (χ3v) is 3.58. The maximum absolute atomic E-state index is 11.9. The summed E-state index contributed by atoms with van der Waals surface area (Å²) >= 11 is 5.92. The van der Waals surface area contributed by atoms with Crippen LogP contribution in [-0.2, 0) is 4.79 Å². The number of carbonyl (C=O) groups excluding carboxylic acids is 2. The van der Waals surface area contributed by atoms with E-state index in [1.54, 1.807) is 24.3 Å². The molecule has 6 heteroatoms. The zero-order valence-electron chi connectivity index (χ0n) is 12.9. The van der Waals surface area contributed by atoms with E-state index in [0.717, 1.165) is 16.8 Å². The second kappa shape index (κ2) is 7.65. The summed E-state index contributed by atoms with van der Waals surface area (Å²) in [5.74, 6) is -0.819. The summed E-state index contributed by atoms with van der Waals surface area (Å²) in [5.41, 5.74) is 8.08. The standard InChI is InChI=1S/C17H18ClN3O2/c1-11-7-8-15(12(2)9-11)19-10-16(22)20-21-17(23)13-5-3-4-6-14(13)18/h3-9,19H,10H2,1-2H3,(H,20,22)(H,21,23). The molecule has 5 nitrogen and oxygen atoms in total. The van der Waals surface area contributed by atoms with Crippen LogP contribution in [0.3, 0.4) is 0 Å². The Balaban J connectivity index is 1.83. The average Bonchev–Trinajstić information content (AvgIpc) is 2.52. The number of hydrazine groups is 1. The Morgan fingerprint density at radius 2 is 1.78 bits per heavy atom. The largest absolute Gasteiger partial charge is 0.376 e. The third-order valence-electron chi connectivity index (χ3n) is 3.26. The Kier molecular flexibility index (Phi) is 5.60. The fraction of sp³-hybridized carbons (Fsp3) is 0.176. The van der Waals surface area contributed by atoms with Crippen molar-refractivity contribution in [2.24, 2.45) is 0 Å². The van der Waals surface area contributed by atoms with Crippen molar-refractivity contribution in [2.75, 3.05) is 11.9 Å². The van der Waals surface area contributed by atoms with Crippen LogP contribution in [0.25, 0.3) is 0 Å². The second-order valence-corrected chi connectivity index (χ2v) is 5.56. The van der Waals surface area contributed by atoms with Crippen LogP contribution >= 0.6 is 11.6 Å². The molecule has 0 heterocycles. The van der Waals surface area contributed by atoms with Crippen LogP contribution in [0.4, 0.5) is 5.69 Å². The first kappa shape index (κ1) is 16.8. The maximum atomic E-state index is 11.9. The predicted octanol–water partition coefficient (Wildman–Crippen LogP) is 2.83. The molecular formula is C17H18ClN3O2. The molecule has 0 aliphatic carbocycles. The molecule has 2 aromatic carbocycles. The van der Waals surface area contributed by atoms with Gasteiger partial charge in [0.05, 0.1) is 17.1 Å². The molecule has 0 fully saturated rings. The van der Waals surface area contributed by atoms with Crippen molar-refractivity contribution in [3.8, 4) is 0 Å². The Hall–Kier alpha value is -2.53. The lowest BCUT2D eigenvalue weighted by atomic mass is 10.1. The Labute approximate surface area is 140 Å². The van der Waals surface area contributed by atoms with E-state index in [4.69, 9.17) is 11.6 Å². The lowest BCUT2D eigenvalue weighted by molar-refractivity contribution is -0.120. The smallest absolute Gasteiger partial charge is 0.271 e. The molecule has 0 unspecified atom stereocenters. The van der Waals surface area contributed by atoms with Gasteiger partial charge in [-0.2, -0.15) is 0 Å². The van der Waals surface area contributed by atoms with Crippen LogP contribution in [0, 0.1) is 13.8 Å². The fourth-order valence-electron chi connectivity index (χ4n) is 2.07. The van der Waals surface area contributed by atoms with E-state index in [-0.39, 0.29) is 12.5 Å². The van der Waals surface area contributed by atoms with E-state index in [0.29, 0.717) is 10.6 Å².